The van der Waals surface area contributed by atoms with E-state index >= 15 is 0 Å². The Morgan fingerprint density at radius 2 is 2.03 bits per heavy atom. The average Bonchev–Trinajstić information content (AvgIpc) is 2.71. The number of hydrogen-bond donors (Lipinski definition) is 1. The fraction of sp³-hybridized carbons (Fsp3) is 0.545. The molecule has 1 saturated heterocycles. The van der Waals surface area contributed by atoms with Crippen molar-refractivity contribution in [2.75, 3.05) is 26.7 Å². The molecule has 1 aliphatic rings. The number of aryl methyl sites for hydroxylation is 1. The number of amides is 1. The molecule has 1 aromatic heterocycles. The van der Waals surface area contributed by atoms with Crippen LogP contribution in [0.5, 0.6) is 5.75 Å². The highest BCUT2D eigenvalue weighted by molar-refractivity contribution is 5.85. The Morgan fingerprint density at radius 3 is 2.69 bits per heavy atom. The summed E-state index contributed by atoms with van der Waals surface area (Å²) in [5.74, 6) is 0.775. The molecule has 0 unspecified atom stereocenters. The SMILES string of the molecule is CCCN(C(=O)CCc1c(C)c2ccc(OC)cc2oc1=O)C1CCNCC1.Cl. The summed E-state index contributed by atoms with van der Waals surface area (Å²) in [6.45, 7) is 6.69. The number of nitrogens with one attached hydrogen (secondary N) is 1. The van der Waals surface area contributed by atoms with Crippen molar-refractivity contribution in [2.45, 2.75) is 52.0 Å². The van der Waals surface area contributed by atoms with E-state index in [1.165, 1.54) is 0 Å². The van der Waals surface area contributed by atoms with Gasteiger partial charge in [-0.3, -0.25) is 4.79 Å². The summed E-state index contributed by atoms with van der Waals surface area (Å²) in [5, 5.41) is 4.23. The van der Waals surface area contributed by atoms with Gasteiger partial charge in [-0.2, -0.15) is 0 Å². The summed E-state index contributed by atoms with van der Waals surface area (Å²) in [7, 11) is 1.58. The standard InChI is InChI=1S/C22H30N2O4.ClH/c1-4-13-24(16-9-11-23-12-10-16)21(25)8-7-19-15(2)18-6-5-17(27-3)14-20(18)28-22(19)26;/h5-6,14,16,23H,4,7-13H2,1-3H3;1H. The molecule has 1 fully saturated rings. The maximum atomic E-state index is 12.9. The third kappa shape index (κ3) is 5.31. The Balaban J connectivity index is 0.00000300. The molecule has 0 saturated carbocycles. The Bertz CT molecular complexity index is 890. The molecule has 0 spiro atoms. The highest BCUT2D eigenvalue weighted by Crippen LogP contribution is 2.25. The average molecular weight is 423 g/mol. The van der Waals surface area contributed by atoms with E-state index in [-0.39, 0.29) is 23.9 Å². The van der Waals surface area contributed by atoms with E-state index in [0.29, 0.717) is 35.8 Å². The van der Waals surface area contributed by atoms with Crippen LogP contribution in [-0.2, 0) is 11.2 Å². The molecule has 1 aliphatic heterocycles. The van der Waals surface area contributed by atoms with Gasteiger partial charge in [0.05, 0.1) is 7.11 Å². The van der Waals surface area contributed by atoms with Gasteiger partial charge in [-0.15, -0.1) is 12.4 Å². The van der Waals surface area contributed by atoms with Crippen LogP contribution in [0.4, 0.5) is 0 Å². The molecule has 29 heavy (non-hydrogen) atoms. The van der Waals surface area contributed by atoms with Crippen LogP contribution in [-0.4, -0.2) is 43.6 Å². The minimum absolute atomic E-state index is 0. The number of ether oxygens (including phenoxy) is 1. The number of carbonyl (C=O) groups is 1. The summed E-state index contributed by atoms with van der Waals surface area (Å²) in [6, 6.07) is 5.77. The number of methoxy groups -OCH3 is 1. The zero-order valence-corrected chi connectivity index (χ0v) is 18.3. The molecule has 1 N–H and O–H groups in total. The highest BCUT2D eigenvalue weighted by Gasteiger charge is 2.25. The highest BCUT2D eigenvalue weighted by atomic mass is 35.5. The summed E-state index contributed by atoms with van der Waals surface area (Å²) >= 11 is 0. The van der Waals surface area contributed by atoms with Crippen molar-refractivity contribution in [2.24, 2.45) is 0 Å². The van der Waals surface area contributed by atoms with E-state index in [1.54, 1.807) is 13.2 Å². The topological polar surface area (TPSA) is 71.8 Å². The number of fused-ring (bicyclic) bond motifs is 1. The van der Waals surface area contributed by atoms with Gasteiger partial charge in [-0.25, -0.2) is 4.79 Å². The van der Waals surface area contributed by atoms with Crippen LogP contribution < -0.4 is 15.7 Å². The normalized spacial score (nSPS) is 14.4. The number of hydrogen-bond acceptors (Lipinski definition) is 5. The van der Waals surface area contributed by atoms with Gasteiger partial charge in [-0.05, 0) is 63.4 Å². The number of rotatable bonds is 7. The second-order valence-electron chi connectivity index (χ2n) is 7.42. The molecular formula is C22H31ClN2O4. The molecule has 0 bridgehead atoms. The van der Waals surface area contributed by atoms with E-state index in [1.807, 2.05) is 24.0 Å². The molecule has 2 aromatic rings. The second kappa shape index (κ2) is 10.6. The van der Waals surface area contributed by atoms with Crippen molar-refractivity contribution in [3.8, 4) is 5.75 Å². The number of halogens is 1. The minimum atomic E-state index is -0.366. The quantitative estimate of drug-likeness (QED) is 0.692. The van der Waals surface area contributed by atoms with E-state index in [2.05, 4.69) is 12.2 Å². The lowest BCUT2D eigenvalue weighted by Crippen LogP contribution is -2.46. The van der Waals surface area contributed by atoms with Gasteiger partial charge in [-0.1, -0.05) is 6.92 Å². The first-order valence-electron chi connectivity index (χ1n) is 10.2. The molecule has 3 rings (SSSR count). The summed E-state index contributed by atoms with van der Waals surface area (Å²) in [5.41, 5.74) is 1.62. The molecule has 0 radical (unpaired) electrons. The fourth-order valence-corrected chi connectivity index (χ4v) is 4.04. The van der Waals surface area contributed by atoms with Crippen molar-refractivity contribution in [3.63, 3.8) is 0 Å². The van der Waals surface area contributed by atoms with Gasteiger partial charge in [0.15, 0.2) is 0 Å². The molecule has 2 heterocycles. The lowest BCUT2D eigenvalue weighted by Gasteiger charge is -2.34. The van der Waals surface area contributed by atoms with Crippen LogP contribution in [0.15, 0.2) is 27.4 Å². The van der Waals surface area contributed by atoms with Crippen molar-refractivity contribution < 1.29 is 13.9 Å². The summed E-state index contributed by atoms with van der Waals surface area (Å²) in [6.07, 6.45) is 3.65. The Morgan fingerprint density at radius 1 is 1.31 bits per heavy atom. The van der Waals surface area contributed by atoms with E-state index in [0.717, 1.165) is 49.8 Å². The van der Waals surface area contributed by atoms with E-state index in [9.17, 15) is 9.59 Å². The number of benzene rings is 1. The molecule has 1 amide bonds. The number of nitrogens with zero attached hydrogens (tertiary/aromatic N) is 1. The molecule has 1 aromatic carbocycles. The van der Waals surface area contributed by atoms with Crippen LogP contribution in [0.2, 0.25) is 0 Å². The first-order valence-corrected chi connectivity index (χ1v) is 10.2. The second-order valence-corrected chi connectivity index (χ2v) is 7.42. The third-order valence-electron chi connectivity index (χ3n) is 5.62. The van der Waals surface area contributed by atoms with E-state index < -0.39 is 0 Å². The van der Waals surface area contributed by atoms with Crippen molar-refractivity contribution >= 4 is 29.3 Å². The largest absolute Gasteiger partial charge is 0.497 e. The zero-order valence-electron chi connectivity index (χ0n) is 17.5. The fourth-order valence-electron chi connectivity index (χ4n) is 4.04. The number of carbonyl (C=O) groups excluding carboxylic acids is 1. The van der Waals surface area contributed by atoms with E-state index in [4.69, 9.17) is 9.15 Å². The van der Waals surface area contributed by atoms with Crippen molar-refractivity contribution in [3.05, 3.63) is 39.7 Å². The maximum absolute atomic E-state index is 12.9. The van der Waals surface area contributed by atoms with Crippen molar-refractivity contribution in [1.29, 1.82) is 0 Å². The smallest absolute Gasteiger partial charge is 0.339 e. The third-order valence-corrected chi connectivity index (χ3v) is 5.62. The summed E-state index contributed by atoms with van der Waals surface area (Å²) < 4.78 is 10.7. The van der Waals surface area contributed by atoms with Crippen LogP contribution in [0.3, 0.4) is 0 Å². The van der Waals surface area contributed by atoms with Gasteiger partial charge in [0.1, 0.15) is 11.3 Å². The lowest BCUT2D eigenvalue weighted by atomic mass is 10.0. The molecule has 7 heteroatoms. The van der Waals surface area contributed by atoms with Crippen LogP contribution >= 0.6 is 12.4 Å². The molecule has 0 aliphatic carbocycles. The molecule has 6 nitrogen and oxygen atoms in total. The van der Waals surface area contributed by atoms with Gasteiger partial charge in [0.25, 0.3) is 0 Å². The van der Waals surface area contributed by atoms with Gasteiger partial charge >= 0.3 is 5.63 Å². The minimum Gasteiger partial charge on any atom is -0.497 e. The predicted octanol–water partition coefficient (Wildman–Crippen LogP) is 3.46. The van der Waals surface area contributed by atoms with Crippen LogP contribution in [0, 0.1) is 6.92 Å². The maximum Gasteiger partial charge on any atom is 0.339 e. The summed E-state index contributed by atoms with van der Waals surface area (Å²) in [4.78, 5) is 27.5. The first kappa shape index (κ1) is 23.2. The van der Waals surface area contributed by atoms with Gasteiger partial charge in [0.2, 0.25) is 5.91 Å². The Hall–Kier alpha value is -2.05. The van der Waals surface area contributed by atoms with Crippen LogP contribution in [0.1, 0.15) is 43.7 Å². The Kier molecular flexibility index (Phi) is 8.53. The molecular weight excluding hydrogens is 392 g/mol. The van der Waals surface area contributed by atoms with Gasteiger partial charge < -0.3 is 19.4 Å². The number of piperidine rings is 1. The first-order chi connectivity index (χ1) is 13.5. The zero-order chi connectivity index (χ0) is 20.1. The van der Waals surface area contributed by atoms with Crippen LogP contribution in [0.25, 0.3) is 11.0 Å². The molecule has 160 valence electrons. The predicted molar refractivity (Wildman–Crippen MR) is 117 cm³/mol. The monoisotopic (exact) mass is 422 g/mol. The lowest BCUT2D eigenvalue weighted by molar-refractivity contribution is -0.134. The Labute approximate surface area is 178 Å². The van der Waals surface area contributed by atoms with Gasteiger partial charge in [0, 0.05) is 36.0 Å². The molecule has 0 atom stereocenters. The van der Waals surface area contributed by atoms with Crippen molar-refractivity contribution in [1.82, 2.24) is 10.2 Å².